The lowest BCUT2D eigenvalue weighted by atomic mass is 10.2. The van der Waals surface area contributed by atoms with Gasteiger partial charge in [-0.1, -0.05) is 30.3 Å². The number of benzene rings is 1. The third kappa shape index (κ3) is 2.61. The minimum Gasteiger partial charge on any atom is -0.384 e. The molecule has 0 atom stereocenters. The summed E-state index contributed by atoms with van der Waals surface area (Å²) in [5.74, 6) is 1.44. The molecule has 0 unspecified atom stereocenters. The number of nitrogens with two attached hydrogens (primary N) is 1. The molecule has 90 valence electrons. The Morgan fingerprint density at radius 1 is 1.24 bits per heavy atom. The van der Waals surface area contributed by atoms with Gasteiger partial charge in [0.05, 0.1) is 12.2 Å². The van der Waals surface area contributed by atoms with Crippen LogP contribution < -0.4 is 5.73 Å². The van der Waals surface area contributed by atoms with Gasteiger partial charge < -0.3 is 5.73 Å². The van der Waals surface area contributed by atoms with Crippen molar-refractivity contribution in [3.63, 3.8) is 0 Å². The topological polar surface area (TPSA) is 43.8 Å². The summed E-state index contributed by atoms with van der Waals surface area (Å²) in [5, 5.41) is 4.56. The molecule has 1 aliphatic rings. The maximum atomic E-state index is 5.96. The largest absolute Gasteiger partial charge is 0.384 e. The van der Waals surface area contributed by atoms with E-state index in [2.05, 4.69) is 17.2 Å². The van der Waals surface area contributed by atoms with Crippen LogP contribution in [0.3, 0.4) is 0 Å². The predicted molar refractivity (Wildman–Crippen MR) is 71.4 cm³/mol. The maximum Gasteiger partial charge on any atom is 0.122 e. The number of rotatable bonds is 3. The van der Waals surface area contributed by atoms with Gasteiger partial charge in [0.15, 0.2) is 0 Å². The Kier molecular flexibility index (Phi) is 3.38. The quantitative estimate of drug-likeness (QED) is 0.909. The lowest BCUT2D eigenvalue weighted by Gasteiger charge is -2.03. The average molecular weight is 250 g/mol. The molecule has 0 radical (unpaired) electrons. The van der Waals surface area contributed by atoms with Crippen LogP contribution in [0.2, 0.25) is 0 Å². The van der Waals surface area contributed by atoms with Crippen molar-refractivity contribution in [3.8, 4) is 0 Å². The van der Waals surface area contributed by atoms with Crippen LogP contribution in [0.25, 0.3) is 0 Å². The normalized spacial score (nSPS) is 14.4. The summed E-state index contributed by atoms with van der Waals surface area (Å²) in [4.78, 5) is 0. The first-order valence-corrected chi connectivity index (χ1v) is 5.70. The number of anilines is 1. The summed E-state index contributed by atoms with van der Waals surface area (Å²) in [7, 11) is 0. The highest BCUT2D eigenvalue weighted by molar-refractivity contribution is 5.85. The molecule has 0 saturated heterocycles. The van der Waals surface area contributed by atoms with Crippen LogP contribution in [0.4, 0.5) is 5.82 Å². The monoisotopic (exact) mass is 249 g/mol. The Hall–Kier alpha value is -1.48. The molecular weight excluding hydrogens is 234 g/mol. The minimum absolute atomic E-state index is 0. The van der Waals surface area contributed by atoms with Gasteiger partial charge in [-0.2, -0.15) is 5.10 Å². The molecule has 3 rings (SSSR count). The second-order valence-corrected chi connectivity index (χ2v) is 4.41. The zero-order valence-corrected chi connectivity index (χ0v) is 10.4. The standard InChI is InChI=1S/C13H15N3.ClH/c14-13-8-12(11-6-7-11)15-16(13)9-10-4-2-1-3-5-10;/h1-5,8,11H,6-7,9,14H2;1H. The van der Waals surface area contributed by atoms with Crippen LogP contribution >= 0.6 is 12.4 Å². The van der Waals surface area contributed by atoms with Crippen LogP contribution in [0.5, 0.6) is 0 Å². The first-order chi connectivity index (χ1) is 7.83. The summed E-state index contributed by atoms with van der Waals surface area (Å²) >= 11 is 0. The van der Waals surface area contributed by atoms with E-state index in [9.17, 15) is 0 Å². The average Bonchev–Trinajstić information content (AvgIpc) is 3.07. The van der Waals surface area contributed by atoms with E-state index >= 15 is 0 Å². The first kappa shape index (κ1) is 12.0. The number of hydrogen-bond donors (Lipinski definition) is 1. The smallest absolute Gasteiger partial charge is 0.122 e. The zero-order chi connectivity index (χ0) is 11.0. The Morgan fingerprint density at radius 2 is 1.94 bits per heavy atom. The van der Waals surface area contributed by atoms with Gasteiger partial charge in [0.2, 0.25) is 0 Å². The first-order valence-electron chi connectivity index (χ1n) is 5.70. The van der Waals surface area contributed by atoms with Crippen molar-refractivity contribution in [1.82, 2.24) is 9.78 Å². The van der Waals surface area contributed by atoms with Crippen molar-refractivity contribution < 1.29 is 0 Å². The molecule has 1 aromatic carbocycles. The van der Waals surface area contributed by atoms with Crippen LogP contribution in [-0.2, 0) is 6.54 Å². The third-order valence-electron chi connectivity index (χ3n) is 3.00. The number of hydrogen-bond acceptors (Lipinski definition) is 2. The molecule has 2 aromatic rings. The molecule has 0 spiro atoms. The molecule has 3 nitrogen and oxygen atoms in total. The molecule has 1 fully saturated rings. The highest BCUT2D eigenvalue weighted by atomic mass is 35.5. The molecule has 0 amide bonds. The highest BCUT2D eigenvalue weighted by Gasteiger charge is 2.26. The summed E-state index contributed by atoms with van der Waals surface area (Å²) in [6.07, 6.45) is 2.53. The van der Waals surface area contributed by atoms with Crippen LogP contribution in [0.15, 0.2) is 36.4 Å². The van der Waals surface area contributed by atoms with Crippen molar-refractivity contribution in [2.24, 2.45) is 0 Å². The molecule has 1 heterocycles. The van der Waals surface area contributed by atoms with Gasteiger partial charge in [-0.25, -0.2) is 4.68 Å². The number of nitrogens with zero attached hydrogens (tertiary/aromatic N) is 2. The zero-order valence-electron chi connectivity index (χ0n) is 9.54. The Balaban J connectivity index is 0.00000108. The van der Waals surface area contributed by atoms with Gasteiger partial charge in [-0.3, -0.25) is 0 Å². The summed E-state index contributed by atoms with van der Waals surface area (Å²) in [6.45, 7) is 0.763. The Morgan fingerprint density at radius 3 is 2.59 bits per heavy atom. The number of halogens is 1. The molecule has 17 heavy (non-hydrogen) atoms. The third-order valence-corrected chi connectivity index (χ3v) is 3.00. The van der Waals surface area contributed by atoms with Crippen molar-refractivity contribution in [2.45, 2.75) is 25.3 Å². The molecular formula is C13H16ClN3. The maximum absolute atomic E-state index is 5.96. The molecule has 1 aromatic heterocycles. The van der Waals surface area contributed by atoms with Gasteiger partial charge in [0, 0.05) is 12.0 Å². The van der Waals surface area contributed by atoms with E-state index in [4.69, 9.17) is 5.73 Å². The summed E-state index contributed by atoms with van der Waals surface area (Å²) < 4.78 is 1.89. The number of nitrogen functional groups attached to an aromatic ring is 1. The number of aromatic nitrogens is 2. The van der Waals surface area contributed by atoms with Crippen LogP contribution in [-0.4, -0.2) is 9.78 Å². The van der Waals surface area contributed by atoms with E-state index in [1.165, 1.54) is 18.4 Å². The van der Waals surface area contributed by atoms with Crippen LogP contribution in [0.1, 0.15) is 30.0 Å². The molecule has 4 heteroatoms. The fraction of sp³-hybridized carbons (Fsp3) is 0.308. The molecule has 2 N–H and O–H groups in total. The SMILES string of the molecule is Cl.Nc1cc(C2CC2)nn1Cc1ccccc1. The second-order valence-electron chi connectivity index (χ2n) is 4.41. The van der Waals surface area contributed by atoms with Crippen molar-refractivity contribution in [1.29, 1.82) is 0 Å². The molecule has 1 aliphatic carbocycles. The van der Waals surface area contributed by atoms with E-state index in [1.54, 1.807) is 0 Å². The van der Waals surface area contributed by atoms with Crippen molar-refractivity contribution >= 4 is 18.2 Å². The lowest BCUT2D eigenvalue weighted by Crippen LogP contribution is -2.05. The Labute approximate surface area is 107 Å². The second kappa shape index (κ2) is 4.80. The van der Waals surface area contributed by atoms with Crippen molar-refractivity contribution in [3.05, 3.63) is 47.7 Å². The van der Waals surface area contributed by atoms with E-state index < -0.39 is 0 Å². The van der Waals surface area contributed by atoms with Crippen LogP contribution in [0, 0.1) is 0 Å². The van der Waals surface area contributed by atoms with Gasteiger partial charge in [-0.15, -0.1) is 12.4 Å². The van der Waals surface area contributed by atoms with Gasteiger partial charge in [0.25, 0.3) is 0 Å². The van der Waals surface area contributed by atoms with Gasteiger partial charge in [0.1, 0.15) is 5.82 Å². The highest BCUT2D eigenvalue weighted by Crippen LogP contribution is 2.39. The summed E-state index contributed by atoms with van der Waals surface area (Å²) in [6, 6.07) is 12.3. The molecule has 1 saturated carbocycles. The van der Waals surface area contributed by atoms with E-state index in [0.29, 0.717) is 5.92 Å². The van der Waals surface area contributed by atoms with E-state index in [0.717, 1.165) is 18.1 Å². The predicted octanol–water partition coefficient (Wildman–Crippen LogP) is 2.81. The van der Waals surface area contributed by atoms with E-state index in [1.807, 2.05) is 28.9 Å². The summed E-state index contributed by atoms with van der Waals surface area (Å²) in [5.41, 5.74) is 8.35. The fourth-order valence-corrected chi connectivity index (χ4v) is 1.91. The Bertz CT molecular complexity index is 489. The molecule has 0 bridgehead atoms. The fourth-order valence-electron chi connectivity index (χ4n) is 1.91. The lowest BCUT2D eigenvalue weighted by molar-refractivity contribution is 0.681. The van der Waals surface area contributed by atoms with Crippen molar-refractivity contribution in [2.75, 3.05) is 5.73 Å². The molecule has 0 aliphatic heterocycles. The van der Waals surface area contributed by atoms with Gasteiger partial charge >= 0.3 is 0 Å². The van der Waals surface area contributed by atoms with E-state index in [-0.39, 0.29) is 12.4 Å². The minimum atomic E-state index is 0. The van der Waals surface area contributed by atoms with Gasteiger partial charge in [-0.05, 0) is 18.4 Å².